The van der Waals surface area contributed by atoms with E-state index in [0.29, 0.717) is 5.92 Å². The molecule has 1 aromatic heterocycles. The maximum atomic E-state index is 9.70. The highest BCUT2D eigenvalue weighted by Crippen LogP contribution is 2.18. The van der Waals surface area contributed by atoms with E-state index in [1.807, 2.05) is 11.6 Å². The van der Waals surface area contributed by atoms with Crippen LogP contribution in [-0.2, 0) is 6.42 Å². The van der Waals surface area contributed by atoms with Gasteiger partial charge in [-0.15, -0.1) is 11.3 Å². The monoisotopic (exact) mass is 198 g/mol. The Morgan fingerprint density at radius 3 is 3.31 bits per heavy atom. The van der Waals surface area contributed by atoms with Gasteiger partial charge in [-0.25, -0.2) is 4.98 Å². The minimum Gasteiger partial charge on any atom is -0.393 e. The van der Waals surface area contributed by atoms with Crippen molar-refractivity contribution < 1.29 is 5.11 Å². The minimum atomic E-state index is -0.148. The molecule has 1 aromatic rings. The molecule has 0 amide bonds. The third kappa shape index (κ3) is 2.27. The molecule has 13 heavy (non-hydrogen) atoms. The molecule has 0 aliphatic carbocycles. The molecule has 0 aromatic carbocycles. The Labute approximate surface area is 81.8 Å². The third-order valence-corrected chi connectivity index (χ3v) is 3.29. The van der Waals surface area contributed by atoms with E-state index in [1.54, 1.807) is 11.3 Å². The molecule has 2 atom stereocenters. The van der Waals surface area contributed by atoms with Crippen LogP contribution in [0.25, 0.3) is 0 Å². The second kappa shape index (κ2) is 4.17. The lowest BCUT2D eigenvalue weighted by molar-refractivity contribution is 0.0791. The standard InChI is InChI=1S/C9H14N2OS/c12-8-1-2-10-6-7(8)5-9-11-3-4-13-9/h3-4,7-8,10,12H,1-2,5-6H2. The van der Waals surface area contributed by atoms with Crippen molar-refractivity contribution in [1.29, 1.82) is 0 Å². The molecule has 0 bridgehead atoms. The molecule has 0 radical (unpaired) electrons. The van der Waals surface area contributed by atoms with Crippen LogP contribution in [0.2, 0.25) is 0 Å². The Morgan fingerprint density at radius 2 is 2.62 bits per heavy atom. The summed E-state index contributed by atoms with van der Waals surface area (Å²) in [7, 11) is 0. The van der Waals surface area contributed by atoms with Crippen LogP contribution in [0.1, 0.15) is 11.4 Å². The number of hydrogen-bond acceptors (Lipinski definition) is 4. The topological polar surface area (TPSA) is 45.1 Å². The van der Waals surface area contributed by atoms with Crippen LogP contribution in [0.15, 0.2) is 11.6 Å². The zero-order chi connectivity index (χ0) is 9.10. The van der Waals surface area contributed by atoms with Crippen molar-refractivity contribution in [3.63, 3.8) is 0 Å². The van der Waals surface area contributed by atoms with Crippen LogP contribution in [0.3, 0.4) is 0 Å². The van der Waals surface area contributed by atoms with E-state index in [0.717, 1.165) is 30.9 Å². The van der Waals surface area contributed by atoms with Gasteiger partial charge in [-0.1, -0.05) is 0 Å². The van der Waals surface area contributed by atoms with Crippen molar-refractivity contribution in [2.75, 3.05) is 13.1 Å². The first-order valence-electron chi connectivity index (χ1n) is 4.63. The van der Waals surface area contributed by atoms with Gasteiger partial charge in [-0.2, -0.15) is 0 Å². The van der Waals surface area contributed by atoms with Crippen LogP contribution in [-0.4, -0.2) is 29.3 Å². The zero-order valence-electron chi connectivity index (χ0n) is 7.44. The maximum absolute atomic E-state index is 9.70. The first kappa shape index (κ1) is 9.12. The van der Waals surface area contributed by atoms with Gasteiger partial charge in [0.05, 0.1) is 11.1 Å². The number of nitrogens with one attached hydrogen (secondary N) is 1. The van der Waals surface area contributed by atoms with E-state index in [1.165, 1.54) is 0 Å². The van der Waals surface area contributed by atoms with Gasteiger partial charge in [0.2, 0.25) is 0 Å². The van der Waals surface area contributed by atoms with Crippen LogP contribution in [0.4, 0.5) is 0 Å². The second-order valence-electron chi connectivity index (χ2n) is 3.45. The van der Waals surface area contributed by atoms with Crippen molar-refractivity contribution >= 4 is 11.3 Å². The highest BCUT2D eigenvalue weighted by molar-refractivity contribution is 7.09. The Bertz CT molecular complexity index is 250. The molecule has 1 saturated heterocycles. The predicted molar refractivity (Wildman–Crippen MR) is 52.8 cm³/mol. The molecule has 2 unspecified atom stereocenters. The summed E-state index contributed by atoms with van der Waals surface area (Å²) in [4.78, 5) is 4.22. The fraction of sp³-hybridized carbons (Fsp3) is 0.667. The van der Waals surface area contributed by atoms with E-state index in [4.69, 9.17) is 0 Å². The van der Waals surface area contributed by atoms with Gasteiger partial charge in [-0.3, -0.25) is 0 Å². The summed E-state index contributed by atoms with van der Waals surface area (Å²) in [6.45, 7) is 1.86. The Kier molecular flexibility index (Phi) is 2.93. The fourth-order valence-corrected chi connectivity index (χ4v) is 2.41. The summed E-state index contributed by atoms with van der Waals surface area (Å²) in [5.41, 5.74) is 0. The van der Waals surface area contributed by atoms with Gasteiger partial charge in [0.25, 0.3) is 0 Å². The normalized spacial score (nSPS) is 29.0. The van der Waals surface area contributed by atoms with Gasteiger partial charge in [0.15, 0.2) is 0 Å². The largest absolute Gasteiger partial charge is 0.393 e. The van der Waals surface area contributed by atoms with Gasteiger partial charge in [-0.05, 0) is 13.0 Å². The van der Waals surface area contributed by atoms with Crippen molar-refractivity contribution in [3.8, 4) is 0 Å². The number of aliphatic hydroxyl groups excluding tert-OH is 1. The Balaban J connectivity index is 1.93. The molecule has 2 N–H and O–H groups in total. The molecule has 4 heteroatoms. The van der Waals surface area contributed by atoms with Crippen molar-refractivity contribution in [2.24, 2.45) is 5.92 Å². The van der Waals surface area contributed by atoms with Crippen LogP contribution in [0, 0.1) is 5.92 Å². The van der Waals surface area contributed by atoms with Gasteiger partial charge in [0.1, 0.15) is 0 Å². The number of aromatic nitrogens is 1. The van der Waals surface area contributed by atoms with Crippen LogP contribution in [0.5, 0.6) is 0 Å². The van der Waals surface area contributed by atoms with Crippen molar-refractivity contribution in [1.82, 2.24) is 10.3 Å². The molecular weight excluding hydrogens is 184 g/mol. The summed E-state index contributed by atoms with van der Waals surface area (Å²) in [6, 6.07) is 0. The Hall–Kier alpha value is -0.450. The predicted octanol–water partition coefficient (Wildman–Crippen LogP) is 0.656. The highest BCUT2D eigenvalue weighted by atomic mass is 32.1. The van der Waals surface area contributed by atoms with Crippen LogP contribution < -0.4 is 5.32 Å². The number of hydrogen-bond donors (Lipinski definition) is 2. The molecule has 1 aliphatic heterocycles. The SMILES string of the molecule is OC1CCNCC1Cc1nccs1. The molecule has 3 nitrogen and oxygen atoms in total. The fourth-order valence-electron chi connectivity index (χ4n) is 1.70. The average molecular weight is 198 g/mol. The number of nitrogens with zero attached hydrogens (tertiary/aromatic N) is 1. The van der Waals surface area contributed by atoms with Gasteiger partial charge in [0, 0.05) is 30.5 Å². The minimum absolute atomic E-state index is 0.148. The summed E-state index contributed by atoms with van der Waals surface area (Å²) in [5.74, 6) is 0.347. The average Bonchev–Trinajstić information content (AvgIpc) is 2.61. The van der Waals surface area contributed by atoms with E-state index in [-0.39, 0.29) is 6.10 Å². The molecular formula is C9H14N2OS. The summed E-state index contributed by atoms with van der Waals surface area (Å²) in [6.07, 6.45) is 3.45. The number of aliphatic hydroxyl groups is 1. The molecule has 2 rings (SSSR count). The van der Waals surface area contributed by atoms with E-state index in [2.05, 4.69) is 10.3 Å². The summed E-state index contributed by atoms with van der Waals surface area (Å²) in [5, 5.41) is 16.1. The van der Waals surface area contributed by atoms with Crippen LogP contribution >= 0.6 is 11.3 Å². The smallest absolute Gasteiger partial charge is 0.0929 e. The molecule has 72 valence electrons. The first-order valence-corrected chi connectivity index (χ1v) is 5.51. The lowest BCUT2D eigenvalue weighted by atomic mass is 9.93. The molecule has 0 saturated carbocycles. The quantitative estimate of drug-likeness (QED) is 0.733. The Morgan fingerprint density at radius 1 is 1.69 bits per heavy atom. The maximum Gasteiger partial charge on any atom is 0.0929 e. The van der Waals surface area contributed by atoms with Crippen molar-refractivity contribution in [3.05, 3.63) is 16.6 Å². The highest BCUT2D eigenvalue weighted by Gasteiger charge is 2.23. The number of rotatable bonds is 2. The lowest BCUT2D eigenvalue weighted by Gasteiger charge is -2.27. The van der Waals surface area contributed by atoms with Crippen molar-refractivity contribution in [2.45, 2.75) is 18.9 Å². The molecule has 1 aliphatic rings. The van der Waals surface area contributed by atoms with Gasteiger partial charge < -0.3 is 10.4 Å². The second-order valence-corrected chi connectivity index (χ2v) is 4.43. The summed E-state index contributed by atoms with van der Waals surface area (Å²) >= 11 is 1.67. The zero-order valence-corrected chi connectivity index (χ0v) is 8.26. The number of piperidine rings is 1. The lowest BCUT2D eigenvalue weighted by Crippen LogP contribution is -2.40. The van der Waals surface area contributed by atoms with Gasteiger partial charge >= 0.3 is 0 Å². The first-order chi connectivity index (χ1) is 6.36. The molecule has 0 spiro atoms. The molecule has 2 heterocycles. The van der Waals surface area contributed by atoms with E-state index >= 15 is 0 Å². The van der Waals surface area contributed by atoms with E-state index in [9.17, 15) is 5.11 Å². The molecule has 1 fully saturated rings. The summed E-state index contributed by atoms with van der Waals surface area (Å²) < 4.78 is 0. The number of thiazole rings is 1. The van der Waals surface area contributed by atoms with E-state index < -0.39 is 0 Å². The third-order valence-electron chi connectivity index (χ3n) is 2.49.